The molecule has 19 heavy (non-hydrogen) atoms. The third-order valence-electron chi connectivity index (χ3n) is 2.60. The van der Waals surface area contributed by atoms with E-state index < -0.39 is 5.97 Å². The van der Waals surface area contributed by atoms with Gasteiger partial charge in [0.15, 0.2) is 0 Å². The van der Waals surface area contributed by atoms with E-state index in [-0.39, 0.29) is 5.56 Å². The Morgan fingerprint density at radius 1 is 1.26 bits per heavy atom. The lowest BCUT2D eigenvalue weighted by Crippen LogP contribution is -2.03. The van der Waals surface area contributed by atoms with Gasteiger partial charge in [0.2, 0.25) is 0 Å². The average Bonchev–Trinajstić information content (AvgIpc) is 2.46. The molecule has 0 atom stereocenters. The second kappa shape index (κ2) is 5.34. The Kier molecular flexibility index (Phi) is 3.61. The van der Waals surface area contributed by atoms with Crippen LogP contribution in [0.1, 0.15) is 10.4 Å². The van der Waals surface area contributed by atoms with Crippen molar-refractivity contribution >= 4 is 5.97 Å². The summed E-state index contributed by atoms with van der Waals surface area (Å²) in [5.74, 6) is 0.00761. The van der Waals surface area contributed by atoms with Gasteiger partial charge < -0.3 is 14.6 Å². The van der Waals surface area contributed by atoms with Gasteiger partial charge in [0.25, 0.3) is 0 Å². The van der Waals surface area contributed by atoms with Crippen LogP contribution in [0.2, 0.25) is 0 Å². The maximum atomic E-state index is 11.2. The quantitative estimate of drug-likeness (QED) is 0.903. The third kappa shape index (κ3) is 2.47. The second-order valence-electron chi connectivity index (χ2n) is 3.66. The number of carboxylic acids is 1. The molecule has 0 bridgehead atoms. The predicted octanol–water partition coefficient (Wildman–Crippen LogP) is 1.86. The Hall–Kier alpha value is -2.63. The monoisotopic (exact) mass is 260 g/mol. The van der Waals surface area contributed by atoms with Crippen LogP contribution < -0.4 is 9.47 Å². The summed E-state index contributed by atoms with van der Waals surface area (Å²) in [5.41, 5.74) is 0.842. The fourth-order valence-corrected chi connectivity index (χ4v) is 1.70. The summed E-state index contributed by atoms with van der Waals surface area (Å²) in [6.07, 6.45) is 2.55. The first kappa shape index (κ1) is 12.8. The largest absolute Gasteiger partial charge is 0.497 e. The molecule has 0 saturated heterocycles. The van der Waals surface area contributed by atoms with Crippen LogP contribution in [0, 0.1) is 0 Å². The zero-order valence-electron chi connectivity index (χ0n) is 10.5. The minimum Gasteiger partial charge on any atom is -0.497 e. The maximum Gasteiger partial charge on any atom is 0.339 e. The summed E-state index contributed by atoms with van der Waals surface area (Å²) in [5, 5.41) is 9.16. The topological polar surface area (TPSA) is 81.5 Å². The number of nitrogens with zero attached hydrogens (tertiary/aromatic N) is 2. The lowest BCUT2D eigenvalue weighted by molar-refractivity contribution is 0.0697. The molecular formula is C13H12N2O4. The highest BCUT2D eigenvalue weighted by molar-refractivity contribution is 5.95. The number of rotatable bonds is 4. The number of methoxy groups -OCH3 is 2. The molecule has 0 aliphatic carbocycles. The lowest BCUT2D eigenvalue weighted by atomic mass is 10.1. The molecule has 98 valence electrons. The number of carbonyl (C=O) groups is 1. The molecule has 2 aromatic rings. The first-order valence-corrected chi connectivity index (χ1v) is 5.43. The second-order valence-corrected chi connectivity index (χ2v) is 3.66. The van der Waals surface area contributed by atoms with Crippen LogP contribution >= 0.6 is 0 Å². The SMILES string of the molecule is COc1ccc(OC)c(-c2ncncc2C(=O)O)c1. The summed E-state index contributed by atoms with van der Waals surface area (Å²) in [7, 11) is 3.04. The molecule has 1 heterocycles. The van der Waals surface area contributed by atoms with Crippen LogP contribution in [-0.2, 0) is 0 Å². The predicted molar refractivity (Wildman–Crippen MR) is 67.5 cm³/mol. The van der Waals surface area contributed by atoms with Crippen LogP contribution in [0.15, 0.2) is 30.7 Å². The van der Waals surface area contributed by atoms with E-state index in [4.69, 9.17) is 14.6 Å². The highest BCUT2D eigenvalue weighted by Crippen LogP contribution is 2.33. The molecule has 0 saturated carbocycles. The zero-order valence-corrected chi connectivity index (χ0v) is 10.5. The molecule has 0 fully saturated rings. The summed E-state index contributed by atoms with van der Waals surface area (Å²) in [6.45, 7) is 0. The molecule has 6 nitrogen and oxygen atoms in total. The van der Waals surface area contributed by atoms with Gasteiger partial charge in [-0.2, -0.15) is 0 Å². The van der Waals surface area contributed by atoms with Gasteiger partial charge in [-0.15, -0.1) is 0 Å². The van der Waals surface area contributed by atoms with Gasteiger partial charge in [0.1, 0.15) is 23.4 Å². The molecule has 1 N–H and O–H groups in total. The number of hydrogen-bond donors (Lipinski definition) is 1. The molecule has 2 rings (SSSR count). The fraction of sp³-hybridized carbons (Fsp3) is 0.154. The highest BCUT2D eigenvalue weighted by Gasteiger charge is 2.17. The van der Waals surface area contributed by atoms with Crippen molar-refractivity contribution in [2.24, 2.45) is 0 Å². The van der Waals surface area contributed by atoms with E-state index in [2.05, 4.69) is 9.97 Å². The summed E-state index contributed by atoms with van der Waals surface area (Å²) in [6, 6.07) is 5.10. The molecule has 1 aromatic carbocycles. The van der Waals surface area contributed by atoms with E-state index in [1.54, 1.807) is 18.2 Å². The van der Waals surface area contributed by atoms with Gasteiger partial charge in [0.05, 0.1) is 19.9 Å². The molecule has 0 aliphatic rings. The number of aromatic nitrogens is 2. The van der Waals surface area contributed by atoms with Crippen molar-refractivity contribution in [3.05, 3.63) is 36.3 Å². The molecule has 0 radical (unpaired) electrons. The molecular weight excluding hydrogens is 248 g/mol. The van der Waals surface area contributed by atoms with Crippen molar-refractivity contribution in [2.75, 3.05) is 14.2 Å². The molecule has 1 aromatic heterocycles. The standard InChI is InChI=1S/C13H12N2O4/c1-18-8-3-4-11(19-2)9(5-8)12-10(13(16)17)6-14-7-15-12/h3-7H,1-2H3,(H,16,17). The Morgan fingerprint density at radius 2 is 2.05 bits per heavy atom. The zero-order chi connectivity index (χ0) is 13.8. The fourth-order valence-electron chi connectivity index (χ4n) is 1.70. The van der Waals surface area contributed by atoms with E-state index >= 15 is 0 Å². The van der Waals surface area contributed by atoms with Crippen LogP contribution in [-0.4, -0.2) is 35.3 Å². The van der Waals surface area contributed by atoms with Gasteiger partial charge in [-0.05, 0) is 18.2 Å². The summed E-state index contributed by atoms with van der Waals surface area (Å²) >= 11 is 0. The van der Waals surface area contributed by atoms with E-state index in [0.717, 1.165) is 0 Å². The maximum absolute atomic E-state index is 11.2. The molecule has 0 unspecified atom stereocenters. The van der Waals surface area contributed by atoms with Crippen LogP contribution in [0.5, 0.6) is 11.5 Å². The number of aromatic carboxylic acids is 1. The Balaban J connectivity index is 2.66. The number of hydrogen-bond acceptors (Lipinski definition) is 5. The van der Waals surface area contributed by atoms with Crippen molar-refractivity contribution in [1.82, 2.24) is 9.97 Å². The smallest absolute Gasteiger partial charge is 0.339 e. The van der Waals surface area contributed by atoms with Crippen molar-refractivity contribution in [1.29, 1.82) is 0 Å². The number of benzene rings is 1. The average molecular weight is 260 g/mol. The summed E-state index contributed by atoms with van der Waals surface area (Å²) < 4.78 is 10.4. The van der Waals surface area contributed by atoms with Gasteiger partial charge >= 0.3 is 5.97 Å². The van der Waals surface area contributed by atoms with Gasteiger partial charge in [-0.1, -0.05) is 0 Å². The van der Waals surface area contributed by atoms with E-state index in [0.29, 0.717) is 22.8 Å². The van der Waals surface area contributed by atoms with Gasteiger partial charge in [-0.3, -0.25) is 0 Å². The van der Waals surface area contributed by atoms with E-state index in [1.165, 1.54) is 26.7 Å². The van der Waals surface area contributed by atoms with Crippen molar-refractivity contribution in [3.63, 3.8) is 0 Å². The minimum absolute atomic E-state index is 0.00838. The number of ether oxygens (including phenoxy) is 2. The molecule has 0 aliphatic heterocycles. The van der Waals surface area contributed by atoms with Gasteiger partial charge in [-0.25, -0.2) is 14.8 Å². The molecule has 0 spiro atoms. The number of carboxylic acid groups (broad SMARTS) is 1. The highest BCUT2D eigenvalue weighted by atomic mass is 16.5. The van der Waals surface area contributed by atoms with Crippen LogP contribution in [0.25, 0.3) is 11.3 Å². The Morgan fingerprint density at radius 3 is 2.68 bits per heavy atom. The Labute approximate surface area is 109 Å². The van der Waals surface area contributed by atoms with Crippen LogP contribution in [0.3, 0.4) is 0 Å². The van der Waals surface area contributed by atoms with Crippen molar-refractivity contribution in [3.8, 4) is 22.8 Å². The van der Waals surface area contributed by atoms with E-state index in [9.17, 15) is 4.79 Å². The molecule has 6 heteroatoms. The summed E-state index contributed by atoms with van der Waals surface area (Å²) in [4.78, 5) is 18.9. The normalized spacial score (nSPS) is 10.0. The van der Waals surface area contributed by atoms with E-state index in [1.807, 2.05) is 0 Å². The first-order chi connectivity index (χ1) is 9.17. The Bertz CT molecular complexity index is 613. The van der Waals surface area contributed by atoms with Crippen molar-refractivity contribution < 1.29 is 19.4 Å². The van der Waals surface area contributed by atoms with Gasteiger partial charge in [0, 0.05) is 11.8 Å². The molecule has 0 amide bonds. The minimum atomic E-state index is -1.10. The first-order valence-electron chi connectivity index (χ1n) is 5.43. The van der Waals surface area contributed by atoms with Crippen LogP contribution in [0.4, 0.5) is 0 Å². The third-order valence-corrected chi connectivity index (χ3v) is 2.60. The van der Waals surface area contributed by atoms with Crippen molar-refractivity contribution in [2.45, 2.75) is 0 Å². The lowest BCUT2D eigenvalue weighted by Gasteiger charge is -2.11.